The fourth-order valence-electron chi connectivity index (χ4n) is 6.80. The average Bonchev–Trinajstić information content (AvgIpc) is 3.49. The molecule has 0 aliphatic carbocycles. The number of carbonyl (C=O) groups excluding carboxylic acids is 3. The number of para-hydroxylation sites is 1. The molecular formula is C26H27N3O3. The van der Waals surface area contributed by atoms with Gasteiger partial charge in [0.1, 0.15) is 5.54 Å². The third kappa shape index (κ3) is 2.11. The number of rotatable bonds is 2. The molecule has 4 aliphatic rings. The SMILES string of the molecule is CCc1cccc2c1NC(=O)[C@@]21[C@@H]2C(=O)N(c3cccc(C)c3C)C(=O)[C@H]2[C@@H]2CCCN21. The second-order valence-electron chi connectivity index (χ2n) is 9.55. The van der Waals surface area contributed by atoms with Gasteiger partial charge in [-0.3, -0.25) is 19.3 Å². The lowest BCUT2D eigenvalue weighted by atomic mass is 9.75. The number of aryl methyl sites for hydroxylation is 2. The lowest BCUT2D eigenvalue weighted by Gasteiger charge is -2.36. The molecule has 0 saturated carbocycles. The molecule has 2 aromatic rings. The minimum Gasteiger partial charge on any atom is -0.324 e. The Morgan fingerprint density at radius 1 is 1.06 bits per heavy atom. The molecule has 1 N–H and O–H groups in total. The number of amides is 3. The topological polar surface area (TPSA) is 69.7 Å². The Labute approximate surface area is 187 Å². The Hall–Kier alpha value is -2.99. The van der Waals surface area contributed by atoms with E-state index in [0.717, 1.165) is 53.7 Å². The summed E-state index contributed by atoms with van der Waals surface area (Å²) in [6, 6.07) is 11.6. The fourth-order valence-corrected chi connectivity index (χ4v) is 6.80. The van der Waals surface area contributed by atoms with Gasteiger partial charge in [0.25, 0.3) is 0 Å². The van der Waals surface area contributed by atoms with E-state index in [1.54, 1.807) is 0 Å². The van der Waals surface area contributed by atoms with Gasteiger partial charge in [-0.05, 0) is 62.4 Å². The summed E-state index contributed by atoms with van der Waals surface area (Å²) in [4.78, 5) is 45.2. The van der Waals surface area contributed by atoms with Crippen LogP contribution in [0.1, 0.15) is 42.0 Å². The monoisotopic (exact) mass is 429 g/mol. The molecule has 4 aliphatic heterocycles. The molecule has 0 aromatic heterocycles. The van der Waals surface area contributed by atoms with Crippen LogP contribution in [0.3, 0.4) is 0 Å². The molecule has 3 saturated heterocycles. The zero-order valence-electron chi connectivity index (χ0n) is 18.6. The van der Waals surface area contributed by atoms with Crippen LogP contribution in [0.15, 0.2) is 36.4 Å². The van der Waals surface area contributed by atoms with Crippen molar-refractivity contribution >= 4 is 29.1 Å². The third-order valence-electron chi connectivity index (χ3n) is 8.31. The molecule has 2 aromatic carbocycles. The molecule has 6 heteroatoms. The second kappa shape index (κ2) is 6.51. The number of hydrogen-bond acceptors (Lipinski definition) is 4. The van der Waals surface area contributed by atoms with Gasteiger partial charge in [-0.1, -0.05) is 37.3 Å². The number of imide groups is 1. The Morgan fingerprint density at radius 3 is 2.62 bits per heavy atom. The molecule has 4 atom stereocenters. The summed E-state index contributed by atoms with van der Waals surface area (Å²) >= 11 is 0. The molecule has 164 valence electrons. The molecular weight excluding hydrogens is 402 g/mol. The smallest absolute Gasteiger partial charge is 0.250 e. The first-order valence-corrected chi connectivity index (χ1v) is 11.6. The van der Waals surface area contributed by atoms with Gasteiger partial charge in [0, 0.05) is 17.3 Å². The standard InChI is InChI=1S/C26H27N3O3/c1-4-16-9-6-10-17-22(16)27-25(32)26(17)21-20(19-12-7-13-28(19)26)23(30)29(24(21)31)18-11-5-8-14(2)15(18)3/h5-6,8-11,19-21H,4,7,12-13H2,1-3H3,(H,27,32)/t19-,20-,21-,26-/m0/s1. The average molecular weight is 430 g/mol. The van der Waals surface area contributed by atoms with E-state index in [4.69, 9.17) is 0 Å². The van der Waals surface area contributed by atoms with Gasteiger partial charge in [-0.2, -0.15) is 0 Å². The lowest BCUT2D eigenvalue weighted by Crippen LogP contribution is -2.54. The summed E-state index contributed by atoms with van der Waals surface area (Å²) in [6.07, 6.45) is 2.55. The summed E-state index contributed by atoms with van der Waals surface area (Å²) in [5.41, 5.74) is 4.27. The van der Waals surface area contributed by atoms with Crippen molar-refractivity contribution in [2.45, 2.75) is 51.6 Å². The van der Waals surface area contributed by atoms with Gasteiger partial charge in [-0.25, -0.2) is 4.90 Å². The van der Waals surface area contributed by atoms with Crippen LogP contribution in [0, 0.1) is 25.7 Å². The van der Waals surface area contributed by atoms with Gasteiger partial charge < -0.3 is 5.32 Å². The highest BCUT2D eigenvalue weighted by atomic mass is 16.2. The molecule has 1 spiro atoms. The van der Waals surface area contributed by atoms with Crippen molar-refractivity contribution in [1.29, 1.82) is 0 Å². The second-order valence-corrected chi connectivity index (χ2v) is 9.55. The van der Waals surface area contributed by atoms with E-state index in [0.29, 0.717) is 5.69 Å². The number of benzene rings is 2. The molecule has 6 rings (SSSR count). The molecule has 0 radical (unpaired) electrons. The van der Waals surface area contributed by atoms with E-state index >= 15 is 0 Å². The van der Waals surface area contributed by atoms with E-state index in [2.05, 4.69) is 17.1 Å². The van der Waals surface area contributed by atoms with Crippen LogP contribution in [-0.2, 0) is 26.3 Å². The molecule has 3 amide bonds. The molecule has 0 bridgehead atoms. The van der Waals surface area contributed by atoms with E-state index in [9.17, 15) is 14.4 Å². The number of nitrogens with zero attached hydrogens (tertiary/aromatic N) is 2. The van der Waals surface area contributed by atoms with Gasteiger partial charge in [0.2, 0.25) is 17.7 Å². The predicted molar refractivity (Wildman–Crippen MR) is 121 cm³/mol. The number of nitrogens with one attached hydrogen (secondary N) is 1. The van der Waals surface area contributed by atoms with Gasteiger partial charge in [0.05, 0.1) is 17.5 Å². The highest BCUT2D eigenvalue weighted by molar-refractivity contribution is 6.26. The maximum Gasteiger partial charge on any atom is 0.250 e. The Morgan fingerprint density at radius 2 is 1.84 bits per heavy atom. The molecule has 3 fully saturated rings. The normalized spacial score (nSPS) is 30.8. The van der Waals surface area contributed by atoms with Crippen molar-refractivity contribution in [2.24, 2.45) is 11.8 Å². The van der Waals surface area contributed by atoms with E-state index in [1.165, 1.54) is 4.90 Å². The van der Waals surface area contributed by atoms with Crippen molar-refractivity contribution in [1.82, 2.24) is 4.90 Å². The maximum atomic E-state index is 14.1. The summed E-state index contributed by atoms with van der Waals surface area (Å²) in [5.74, 6) is -1.75. The third-order valence-corrected chi connectivity index (χ3v) is 8.31. The minimum atomic E-state index is -1.11. The highest BCUT2D eigenvalue weighted by Crippen LogP contribution is 2.61. The lowest BCUT2D eigenvalue weighted by molar-refractivity contribution is -0.135. The minimum absolute atomic E-state index is 0.0893. The molecule has 4 heterocycles. The predicted octanol–water partition coefficient (Wildman–Crippen LogP) is 3.30. The first-order chi connectivity index (χ1) is 15.4. The van der Waals surface area contributed by atoms with Gasteiger partial charge in [-0.15, -0.1) is 0 Å². The van der Waals surface area contributed by atoms with Crippen LogP contribution in [0.5, 0.6) is 0 Å². The highest BCUT2D eigenvalue weighted by Gasteiger charge is 2.74. The van der Waals surface area contributed by atoms with Crippen molar-refractivity contribution in [3.8, 4) is 0 Å². The quantitative estimate of drug-likeness (QED) is 0.744. The number of carbonyl (C=O) groups is 3. The molecule has 32 heavy (non-hydrogen) atoms. The molecule has 6 nitrogen and oxygen atoms in total. The summed E-state index contributed by atoms with van der Waals surface area (Å²) in [6.45, 7) is 6.72. The number of anilines is 2. The van der Waals surface area contributed by atoms with Crippen LogP contribution in [-0.4, -0.2) is 35.2 Å². The summed E-state index contributed by atoms with van der Waals surface area (Å²) in [7, 11) is 0. The van der Waals surface area contributed by atoms with Crippen LogP contribution in [0.2, 0.25) is 0 Å². The van der Waals surface area contributed by atoms with Gasteiger partial charge >= 0.3 is 0 Å². The largest absolute Gasteiger partial charge is 0.324 e. The first kappa shape index (κ1) is 19.7. The van der Waals surface area contributed by atoms with Crippen molar-refractivity contribution in [3.05, 3.63) is 58.7 Å². The van der Waals surface area contributed by atoms with Crippen molar-refractivity contribution in [3.63, 3.8) is 0 Å². The van der Waals surface area contributed by atoms with Crippen LogP contribution >= 0.6 is 0 Å². The molecule has 0 unspecified atom stereocenters. The Bertz CT molecular complexity index is 1200. The van der Waals surface area contributed by atoms with E-state index < -0.39 is 17.4 Å². The number of fused-ring (bicyclic) bond motifs is 7. The van der Waals surface area contributed by atoms with E-state index in [1.807, 2.05) is 50.2 Å². The maximum absolute atomic E-state index is 14.1. The Kier molecular flexibility index (Phi) is 4.01. The summed E-state index contributed by atoms with van der Waals surface area (Å²) in [5, 5.41) is 3.12. The zero-order valence-corrected chi connectivity index (χ0v) is 18.6. The Balaban J connectivity index is 1.57. The van der Waals surface area contributed by atoms with Crippen LogP contribution in [0.4, 0.5) is 11.4 Å². The van der Waals surface area contributed by atoms with Gasteiger partial charge in [0.15, 0.2) is 0 Å². The van der Waals surface area contributed by atoms with Crippen molar-refractivity contribution in [2.75, 3.05) is 16.8 Å². The number of hydrogen-bond donors (Lipinski definition) is 1. The summed E-state index contributed by atoms with van der Waals surface area (Å²) < 4.78 is 0. The van der Waals surface area contributed by atoms with Crippen LogP contribution in [0.25, 0.3) is 0 Å². The van der Waals surface area contributed by atoms with E-state index in [-0.39, 0.29) is 23.8 Å². The first-order valence-electron chi connectivity index (χ1n) is 11.6. The van der Waals surface area contributed by atoms with Crippen LogP contribution < -0.4 is 10.2 Å². The van der Waals surface area contributed by atoms with Crippen molar-refractivity contribution < 1.29 is 14.4 Å². The fraction of sp³-hybridized carbons (Fsp3) is 0.423. The zero-order chi connectivity index (χ0) is 22.4.